The number of rotatable bonds is 5. The van der Waals surface area contributed by atoms with E-state index in [-0.39, 0.29) is 12.5 Å². The highest BCUT2D eigenvalue weighted by atomic mass is 32.2. The third-order valence-corrected chi connectivity index (χ3v) is 7.23. The van der Waals surface area contributed by atoms with E-state index in [4.69, 9.17) is 9.47 Å². The molecular formula is C17H28N2O7S. The standard InChI is InChI=1S/C17H28N2O7S/c1-7-25-14(21)17(8-27(23,24)12-9(2)11(12)17)19-13(20)10(3)18-15(22)26-16(4,5)6/h9-12H,7-8H2,1-6H3,(H,18,22)(H,19,20)/t9-,10+,11-,12+,17+/m1/s1. The molecule has 0 aromatic heterocycles. The Bertz CT molecular complexity index is 743. The van der Waals surface area contributed by atoms with Crippen LogP contribution in [0.4, 0.5) is 4.79 Å². The summed E-state index contributed by atoms with van der Waals surface area (Å²) in [5.41, 5.74) is -2.36. The van der Waals surface area contributed by atoms with Gasteiger partial charge in [-0.1, -0.05) is 6.92 Å². The van der Waals surface area contributed by atoms with Crippen molar-refractivity contribution >= 4 is 27.8 Å². The molecule has 1 saturated carbocycles. The van der Waals surface area contributed by atoms with Gasteiger partial charge in [-0.25, -0.2) is 18.0 Å². The second-order valence-electron chi connectivity index (χ2n) is 8.21. The molecule has 1 aliphatic carbocycles. The van der Waals surface area contributed by atoms with Gasteiger partial charge in [-0.05, 0) is 40.5 Å². The van der Waals surface area contributed by atoms with Gasteiger partial charge in [0.2, 0.25) is 5.91 Å². The van der Waals surface area contributed by atoms with Gasteiger partial charge in [0.05, 0.1) is 17.6 Å². The van der Waals surface area contributed by atoms with Crippen molar-refractivity contribution in [2.45, 2.75) is 64.0 Å². The normalized spacial score (nSPS) is 32.0. The van der Waals surface area contributed by atoms with Crippen LogP contribution in [-0.4, -0.2) is 61.2 Å². The smallest absolute Gasteiger partial charge is 0.408 e. The first-order valence-corrected chi connectivity index (χ1v) is 10.7. The number of carbonyl (C=O) groups excluding carboxylic acids is 3. The summed E-state index contributed by atoms with van der Waals surface area (Å²) >= 11 is 0. The van der Waals surface area contributed by atoms with E-state index in [0.717, 1.165) is 0 Å². The van der Waals surface area contributed by atoms with Gasteiger partial charge in [0.15, 0.2) is 15.4 Å². The third kappa shape index (κ3) is 4.20. The summed E-state index contributed by atoms with van der Waals surface area (Å²) in [5.74, 6) is -2.71. The van der Waals surface area contributed by atoms with Gasteiger partial charge in [0, 0.05) is 5.92 Å². The van der Waals surface area contributed by atoms with Crippen molar-refractivity contribution in [2.24, 2.45) is 11.8 Å². The number of sulfone groups is 1. The Balaban J connectivity index is 2.16. The molecule has 0 unspecified atom stereocenters. The van der Waals surface area contributed by atoms with Crippen LogP contribution in [-0.2, 0) is 28.9 Å². The summed E-state index contributed by atoms with van der Waals surface area (Å²) in [6.07, 6.45) is -0.785. The fourth-order valence-electron chi connectivity index (χ4n) is 3.72. The molecule has 27 heavy (non-hydrogen) atoms. The molecule has 2 amide bonds. The minimum Gasteiger partial charge on any atom is -0.464 e. The minimum atomic E-state index is -3.52. The predicted octanol–water partition coefficient (Wildman–Crippen LogP) is 0.381. The molecule has 0 aromatic carbocycles. The second-order valence-corrected chi connectivity index (χ2v) is 10.4. The molecule has 9 nitrogen and oxygen atoms in total. The fraction of sp³-hybridized carbons (Fsp3) is 0.824. The van der Waals surface area contributed by atoms with Crippen LogP contribution < -0.4 is 10.6 Å². The first-order chi connectivity index (χ1) is 12.2. The molecule has 5 atom stereocenters. The van der Waals surface area contributed by atoms with Gasteiger partial charge >= 0.3 is 12.1 Å². The van der Waals surface area contributed by atoms with Crippen molar-refractivity contribution in [2.75, 3.05) is 12.4 Å². The van der Waals surface area contributed by atoms with Crippen LogP contribution in [0.25, 0.3) is 0 Å². The van der Waals surface area contributed by atoms with Crippen LogP contribution in [0.5, 0.6) is 0 Å². The number of hydrogen-bond acceptors (Lipinski definition) is 7. The Kier molecular flexibility index (Phi) is 5.53. The fourth-order valence-corrected chi connectivity index (χ4v) is 6.59. The molecule has 1 aliphatic heterocycles. The quantitative estimate of drug-likeness (QED) is 0.634. The van der Waals surface area contributed by atoms with Crippen molar-refractivity contribution in [1.29, 1.82) is 0 Å². The highest BCUT2D eigenvalue weighted by Gasteiger charge is 2.75. The maximum Gasteiger partial charge on any atom is 0.408 e. The zero-order valence-corrected chi connectivity index (χ0v) is 17.3. The Hall–Kier alpha value is -1.84. The van der Waals surface area contributed by atoms with Gasteiger partial charge in [0.25, 0.3) is 0 Å². The summed E-state index contributed by atoms with van der Waals surface area (Å²) in [5, 5.41) is 4.29. The predicted molar refractivity (Wildman–Crippen MR) is 96.6 cm³/mol. The molecule has 0 aromatic rings. The number of alkyl carbamates (subject to hydrolysis) is 1. The zero-order chi connectivity index (χ0) is 20.8. The van der Waals surface area contributed by atoms with Crippen molar-refractivity contribution in [3.63, 3.8) is 0 Å². The molecule has 10 heteroatoms. The molecule has 0 spiro atoms. The molecule has 1 saturated heterocycles. The summed E-state index contributed by atoms with van der Waals surface area (Å²) in [6, 6.07) is -1.03. The van der Waals surface area contributed by atoms with Crippen LogP contribution in [0.3, 0.4) is 0 Å². The zero-order valence-electron chi connectivity index (χ0n) is 16.5. The highest BCUT2D eigenvalue weighted by molar-refractivity contribution is 7.92. The maximum absolute atomic E-state index is 12.6. The van der Waals surface area contributed by atoms with E-state index >= 15 is 0 Å². The summed E-state index contributed by atoms with van der Waals surface area (Å²) in [7, 11) is -3.52. The molecule has 0 bridgehead atoms. The average molecular weight is 404 g/mol. The maximum atomic E-state index is 12.6. The monoisotopic (exact) mass is 404 g/mol. The van der Waals surface area contributed by atoms with Gasteiger partial charge in [-0.2, -0.15) is 0 Å². The van der Waals surface area contributed by atoms with E-state index in [1.807, 2.05) is 0 Å². The minimum absolute atomic E-state index is 0.0635. The average Bonchev–Trinajstić information content (AvgIpc) is 3.09. The first kappa shape index (κ1) is 21.5. The number of esters is 1. The van der Waals surface area contributed by atoms with Crippen molar-refractivity contribution in [1.82, 2.24) is 10.6 Å². The number of ether oxygens (including phenoxy) is 2. The molecule has 154 valence electrons. The van der Waals surface area contributed by atoms with Crippen LogP contribution in [0.1, 0.15) is 41.5 Å². The summed E-state index contributed by atoms with van der Waals surface area (Å²) < 4.78 is 34.9. The second kappa shape index (κ2) is 6.96. The molecule has 2 N–H and O–H groups in total. The Morgan fingerprint density at radius 2 is 1.85 bits per heavy atom. The molecule has 1 heterocycles. The van der Waals surface area contributed by atoms with E-state index in [2.05, 4.69) is 10.6 Å². The largest absolute Gasteiger partial charge is 0.464 e. The van der Waals surface area contributed by atoms with Crippen molar-refractivity contribution in [3.8, 4) is 0 Å². The van der Waals surface area contributed by atoms with Crippen LogP contribution in [0.2, 0.25) is 0 Å². The van der Waals surface area contributed by atoms with Gasteiger partial charge < -0.3 is 20.1 Å². The first-order valence-electron chi connectivity index (χ1n) is 8.95. The van der Waals surface area contributed by atoms with Crippen LogP contribution in [0, 0.1) is 11.8 Å². The Labute approximate surface area is 159 Å². The Morgan fingerprint density at radius 3 is 2.30 bits per heavy atom. The SMILES string of the molecule is CCOC(=O)[C@]1(NC(=O)[C@H](C)NC(=O)OC(C)(C)C)CS(=O)(=O)[C@H]2[C@H](C)[C@H]21. The lowest BCUT2D eigenvalue weighted by Gasteiger charge is -2.31. The summed E-state index contributed by atoms with van der Waals surface area (Å²) in [6.45, 7) is 9.89. The van der Waals surface area contributed by atoms with E-state index in [9.17, 15) is 22.8 Å². The third-order valence-electron chi connectivity index (χ3n) is 4.82. The van der Waals surface area contributed by atoms with E-state index in [1.165, 1.54) is 6.92 Å². The van der Waals surface area contributed by atoms with Crippen molar-refractivity contribution in [3.05, 3.63) is 0 Å². The lowest BCUT2D eigenvalue weighted by atomic mass is 9.93. The van der Waals surface area contributed by atoms with E-state index < -0.39 is 61.9 Å². The van der Waals surface area contributed by atoms with E-state index in [1.54, 1.807) is 34.6 Å². The topological polar surface area (TPSA) is 128 Å². The van der Waals surface area contributed by atoms with Gasteiger partial charge in [0.1, 0.15) is 11.6 Å². The lowest BCUT2D eigenvalue weighted by Crippen LogP contribution is -2.62. The molecule has 2 fully saturated rings. The molecular weight excluding hydrogens is 376 g/mol. The number of nitrogens with one attached hydrogen (secondary N) is 2. The molecule has 2 aliphatic rings. The number of amides is 2. The van der Waals surface area contributed by atoms with Crippen LogP contribution in [0.15, 0.2) is 0 Å². The van der Waals surface area contributed by atoms with Gasteiger partial charge in [-0.3, -0.25) is 4.79 Å². The number of fused-ring (bicyclic) bond motifs is 1. The van der Waals surface area contributed by atoms with Crippen molar-refractivity contribution < 1.29 is 32.3 Å². The lowest BCUT2D eigenvalue weighted by molar-refractivity contribution is -0.153. The Morgan fingerprint density at radius 1 is 1.26 bits per heavy atom. The highest BCUT2D eigenvalue weighted by Crippen LogP contribution is 2.57. The van der Waals surface area contributed by atoms with Crippen LogP contribution >= 0.6 is 0 Å². The summed E-state index contributed by atoms with van der Waals surface area (Å²) in [4.78, 5) is 37.1. The number of hydrogen-bond donors (Lipinski definition) is 2. The van der Waals surface area contributed by atoms with Gasteiger partial charge in [-0.15, -0.1) is 0 Å². The molecule has 0 radical (unpaired) electrons. The molecule has 2 rings (SSSR count). The number of carbonyl (C=O) groups is 3. The van der Waals surface area contributed by atoms with E-state index in [0.29, 0.717) is 0 Å².